The van der Waals surface area contributed by atoms with Gasteiger partial charge in [-0.15, -0.1) is 0 Å². The van der Waals surface area contributed by atoms with E-state index in [1.807, 2.05) is 131 Å². The molecule has 0 fully saturated rings. The molecule has 24 nitrogen and oxygen atoms in total. The van der Waals surface area contributed by atoms with Crippen molar-refractivity contribution < 1.29 is 78.2 Å². The van der Waals surface area contributed by atoms with Crippen molar-refractivity contribution in [3.05, 3.63) is 265 Å². The number of fused-ring (bicyclic) bond motifs is 2. The largest absolute Gasteiger partial charge is 0.504 e. The van der Waals surface area contributed by atoms with Crippen molar-refractivity contribution >= 4 is 158 Å². The first-order valence-corrected chi connectivity index (χ1v) is 35.7. The Bertz CT molecular complexity index is 5870. The molecule has 0 aliphatic carbocycles. The minimum absolute atomic E-state index is 0.0240. The third kappa shape index (κ3) is 11.8. The fourth-order valence-corrected chi connectivity index (χ4v) is 15.5. The molecule has 2 aliphatic rings. The van der Waals surface area contributed by atoms with Crippen LogP contribution in [0.5, 0.6) is 69.0 Å². The molecule has 0 saturated carbocycles. The predicted octanol–water partition coefficient (Wildman–Crippen LogP) is 19.5. The van der Waals surface area contributed by atoms with Gasteiger partial charge in [0.2, 0.25) is 11.5 Å². The second-order valence-corrected chi connectivity index (χ2v) is 26.9. The highest BCUT2D eigenvalue weighted by atomic mass is 16.5. The van der Waals surface area contributed by atoms with Gasteiger partial charge in [0.15, 0.2) is 57.5 Å². The molecule has 17 rings (SSSR count). The molecular formula is C90H68N8O16. The summed E-state index contributed by atoms with van der Waals surface area (Å²) in [7, 11) is 8.72. The number of ether oxygens (including phenoxy) is 6. The number of amides is 4. The molecule has 0 unspecified atom stereocenters. The first-order chi connectivity index (χ1) is 55.4. The first-order valence-electron chi connectivity index (χ1n) is 35.7. The van der Waals surface area contributed by atoms with E-state index in [1.54, 1.807) is 84.9 Å². The summed E-state index contributed by atoms with van der Waals surface area (Å²) in [6.45, 7) is 0. The van der Waals surface area contributed by atoms with Crippen molar-refractivity contribution in [3.8, 4) is 69.0 Å². The van der Waals surface area contributed by atoms with Crippen LogP contribution in [0.1, 0.15) is 41.4 Å². The van der Waals surface area contributed by atoms with Crippen LogP contribution in [0.25, 0.3) is 43.1 Å². The van der Waals surface area contributed by atoms with Gasteiger partial charge >= 0.3 is 0 Å². The van der Waals surface area contributed by atoms with E-state index < -0.39 is 58.1 Å². The number of anilines is 16. The maximum atomic E-state index is 16.5. The Morgan fingerprint density at radius 3 is 0.719 bits per heavy atom. The SMILES string of the molecule is COc1cc(Nc2cc3c4c(cc(Nc5cc(O)c(O)c(O)c5)c5c6c(Nc7cc(O)c(O)c(O)c7)cc7c8c(cc(Nc9cc(OC)c(OC)c(OC)c9)c(c2c45)c86)C(=O)N(c2ccc(N(c4ccccc4)c4ccccc4)cc2)C7=O)C(=O)N(c2ccc(N(c4ccccc4)c4ccccc4)cc2)C3=O)cc(OC)c1OC. The molecular weight excluding hydrogens is 1450 g/mol. The van der Waals surface area contributed by atoms with Crippen LogP contribution in [-0.2, 0) is 0 Å². The third-order valence-corrected chi connectivity index (χ3v) is 20.4. The number of hydrogen-bond acceptors (Lipinski definition) is 22. The molecule has 564 valence electrons. The maximum absolute atomic E-state index is 16.5. The van der Waals surface area contributed by atoms with E-state index in [1.165, 1.54) is 54.8 Å². The number of imide groups is 2. The van der Waals surface area contributed by atoms with Crippen LogP contribution in [-0.4, -0.2) is 96.9 Å². The highest BCUT2D eigenvalue weighted by Gasteiger charge is 2.42. The normalized spacial score (nSPS) is 12.4. The lowest BCUT2D eigenvalue weighted by atomic mass is 9.79. The molecule has 0 spiro atoms. The molecule has 15 aromatic carbocycles. The summed E-state index contributed by atoms with van der Waals surface area (Å²) in [5.41, 5.74) is 5.76. The van der Waals surface area contributed by atoms with Crippen LogP contribution in [0, 0.1) is 0 Å². The number of methoxy groups -OCH3 is 6. The molecule has 10 N–H and O–H groups in total. The van der Waals surface area contributed by atoms with Crippen molar-refractivity contribution in [2.75, 3.05) is 83.5 Å². The van der Waals surface area contributed by atoms with Crippen molar-refractivity contribution in [3.63, 3.8) is 0 Å². The van der Waals surface area contributed by atoms with Gasteiger partial charge in [-0.3, -0.25) is 19.2 Å². The average Bonchev–Trinajstić information content (AvgIpc) is 0.669. The Morgan fingerprint density at radius 1 is 0.263 bits per heavy atom. The van der Waals surface area contributed by atoms with E-state index in [2.05, 4.69) is 21.3 Å². The molecule has 4 amide bonds. The number of benzene rings is 15. The monoisotopic (exact) mass is 1520 g/mol. The van der Waals surface area contributed by atoms with Gasteiger partial charge in [-0.1, -0.05) is 72.8 Å². The molecule has 0 saturated heterocycles. The molecule has 0 atom stereocenters. The van der Waals surface area contributed by atoms with E-state index >= 15 is 19.2 Å². The van der Waals surface area contributed by atoms with Crippen LogP contribution in [0.4, 0.5) is 91.0 Å². The van der Waals surface area contributed by atoms with E-state index in [0.717, 1.165) is 56.8 Å². The van der Waals surface area contributed by atoms with Gasteiger partial charge in [0.1, 0.15) is 0 Å². The zero-order chi connectivity index (χ0) is 79.1. The summed E-state index contributed by atoms with van der Waals surface area (Å²) in [5, 5.41) is 82.6. The second-order valence-electron chi connectivity index (χ2n) is 26.9. The molecule has 0 aromatic heterocycles. The Balaban J connectivity index is 1.00. The average molecular weight is 1520 g/mol. The molecule has 114 heavy (non-hydrogen) atoms. The number of phenols is 6. The number of nitrogens with zero attached hydrogens (tertiary/aromatic N) is 4. The Morgan fingerprint density at radius 2 is 0.491 bits per heavy atom. The predicted molar refractivity (Wildman–Crippen MR) is 440 cm³/mol. The Labute approximate surface area is 650 Å². The van der Waals surface area contributed by atoms with Crippen molar-refractivity contribution in [2.45, 2.75) is 0 Å². The number of aromatic hydroxyl groups is 6. The smallest absolute Gasteiger partial charge is 0.266 e. The second kappa shape index (κ2) is 28.4. The summed E-state index contributed by atoms with van der Waals surface area (Å²) < 4.78 is 35.5. The highest BCUT2D eigenvalue weighted by molar-refractivity contribution is 6.50. The highest BCUT2D eigenvalue weighted by Crippen LogP contribution is 2.58. The summed E-state index contributed by atoms with van der Waals surface area (Å²) in [4.78, 5) is 72.2. The number of phenolic OH excluding ortho intramolecular Hbond substituents is 6. The van der Waals surface area contributed by atoms with Gasteiger partial charge in [-0.2, -0.15) is 0 Å². The molecule has 24 heteroatoms. The maximum Gasteiger partial charge on any atom is 0.266 e. The minimum atomic E-state index is -0.844. The van der Waals surface area contributed by atoms with Crippen LogP contribution >= 0.6 is 0 Å². The van der Waals surface area contributed by atoms with Crippen LogP contribution in [0.2, 0.25) is 0 Å². The van der Waals surface area contributed by atoms with Gasteiger partial charge in [-0.25, -0.2) is 9.80 Å². The first kappa shape index (κ1) is 71.2. The quantitative estimate of drug-likeness (QED) is 0.00991. The molecule has 0 radical (unpaired) electrons. The Kier molecular flexibility index (Phi) is 17.7. The van der Waals surface area contributed by atoms with Gasteiger partial charge in [0, 0.05) is 171 Å². The number of rotatable bonds is 22. The van der Waals surface area contributed by atoms with Crippen LogP contribution in [0.3, 0.4) is 0 Å². The summed E-state index contributed by atoms with van der Waals surface area (Å²) in [5.74, 6) is -6.48. The van der Waals surface area contributed by atoms with Crippen LogP contribution < -0.4 is 69.3 Å². The van der Waals surface area contributed by atoms with E-state index in [9.17, 15) is 30.6 Å². The number of nitrogens with one attached hydrogen (secondary N) is 4. The zero-order valence-electron chi connectivity index (χ0n) is 61.6. The van der Waals surface area contributed by atoms with Gasteiger partial charge in [0.25, 0.3) is 23.6 Å². The number of para-hydroxylation sites is 4. The topological polar surface area (TPSA) is 306 Å². The van der Waals surface area contributed by atoms with Gasteiger partial charge < -0.3 is 90.1 Å². The van der Waals surface area contributed by atoms with Gasteiger partial charge in [-0.05, 0) is 121 Å². The number of hydrogen-bond donors (Lipinski definition) is 10. The van der Waals surface area contributed by atoms with E-state index in [0.29, 0.717) is 22.7 Å². The van der Waals surface area contributed by atoms with Gasteiger partial charge in [0.05, 0.1) is 76.3 Å². The Hall–Kier alpha value is -15.7. The lowest BCUT2D eigenvalue weighted by molar-refractivity contribution is 0.0878. The van der Waals surface area contributed by atoms with Crippen molar-refractivity contribution in [2.24, 2.45) is 0 Å². The summed E-state index contributed by atoms with van der Waals surface area (Å²) in [6, 6.07) is 70.1. The van der Waals surface area contributed by atoms with E-state index in [-0.39, 0.29) is 145 Å². The van der Waals surface area contributed by atoms with E-state index in [4.69, 9.17) is 28.4 Å². The summed E-state index contributed by atoms with van der Waals surface area (Å²) in [6.07, 6.45) is 0. The molecule has 15 aromatic rings. The third-order valence-electron chi connectivity index (χ3n) is 20.4. The summed E-state index contributed by atoms with van der Waals surface area (Å²) >= 11 is 0. The van der Waals surface area contributed by atoms with Crippen LogP contribution in [0.15, 0.2) is 243 Å². The minimum Gasteiger partial charge on any atom is -0.504 e. The standard InChI is InChI=1S/C90H68N8O16/c1-109-71-39-49(40-72(110-2)85(71)113-5)93-65-45-61-75-59(87(105)97(89(61)107)57-31-27-55(28-32-57)95(51-19-11-7-12-20-51)52-21-13-8-14-22-52)43-63(91-47-35-67(99)83(103)68(100)36-47)77-78-64(92-48-37-69(101)84(104)70(102)38-48)44-60-76-62(46-66(80(82(76)78)79(65)81(75)77)94-50-41-73(111-3)86(114-6)74(42-50)112-4)90(108)98(88(60)106)58-33-29-56(30-34-58)96(53-23-15-9-16-24-53)54-25-17-10-18-26-54/h7-46,91-94,99-104H,1-6H3. The van der Waals surface area contributed by atoms with Crippen molar-refractivity contribution in [1.29, 1.82) is 0 Å². The lowest BCUT2D eigenvalue weighted by Crippen LogP contribution is -2.41. The lowest BCUT2D eigenvalue weighted by Gasteiger charge is -2.33. The molecule has 0 bridgehead atoms. The van der Waals surface area contributed by atoms with Crippen molar-refractivity contribution in [1.82, 2.24) is 0 Å². The molecule has 2 heterocycles. The fourth-order valence-electron chi connectivity index (χ4n) is 15.5. The zero-order valence-corrected chi connectivity index (χ0v) is 61.6. The number of carbonyl (C=O) groups is 4. The fraction of sp³-hybridized carbons (Fsp3) is 0.0667. The molecule has 2 aliphatic heterocycles. The number of carbonyl (C=O) groups excluding carboxylic acids is 4.